The Hall–Kier alpha value is -6.39. The molecule has 0 saturated heterocycles. The first-order valence-corrected chi connectivity index (χ1v) is 20.2. The third-order valence-corrected chi connectivity index (χ3v) is 10.8. The molecule has 0 aliphatic heterocycles. The van der Waals surface area contributed by atoms with E-state index < -0.39 is 13.7 Å². The molecule has 3 heterocycles. The second-order valence-electron chi connectivity index (χ2n) is 15.6. The van der Waals surface area contributed by atoms with Crippen molar-refractivity contribution in [3.63, 3.8) is 0 Å². The minimum atomic E-state index is -2.18. The molecule has 0 atom stereocenters. The summed E-state index contributed by atoms with van der Waals surface area (Å²) in [5, 5.41) is 2.08. The van der Waals surface area contributed by atoms with Crippen LogP contribution in [0, 0.1) is 25.8 Å². The van der Waals surface area contributed by atoms with Crippen LogP contribution in [-0.2, 0) is 20.1 Å². The quantitative estimate of drug-likeness (QED) is 0.149. The molecule has 61 heavy (non-hydrogen) atoms. The van der Waals surface area contributed by atoms with Crippen LogP contribution in [0.3, 0.4) is 0 Å². The fourth-order valence-electron chi connectivity index (χ4n) is 7.81. The Morgan fingerprint density at radius 2 is 1.30 bits per heavy atom. The van der Waals surface area contributed by atoms with E-state index in [4.69, 9.17) is 22.0 Å². The molecular weight excluding hydrogens is 925 g/mol. The summed E-state index contributed by atoms with van der Waals surface area (Å²) < 4.78 is 56.9. The molecule has 0 aliphatic rings. The molecule has 5 heteroatoms. The van der Waals surface area contributed by atoms with Crippen LogP contribution in [0.2, 0.25) is 0 Å². The first kappa shape index (κ1) is 34.3. The molecular formula is C56H46IrN2O2-2. The van der Waals surface area contributed by atoms with Crippen molar-refractivity contribution in [1.29, 1.82) is 0 Å². The van der Waals surface area contributed by atoms with Gasteiger partial charge >= 0.3 is 0 Å². The number of aryl methyl sites for hydroxylation is 2. The molecule has 0 amide bonds. The molecule has 4 nitrogen and oxygen atoms in total. The molecule has 0 N–H and O–H groups in total. The molecule has 3 aromatic heterocycles. The van der Waals surface area contributed by atoms with Gasteiger partial charge in [-0.2, -0.15) is 0 Å². The van der Waals surface area contributed by atoms with Gasteiger partial charge in [0.2, 0.25) is 0 Å². The number of pyridine rings is 1. The number of oxazole rings is 1. The zero-order chi connectivity index (χ0) is 46.3. The van der Waals surface area contributed by atoms with Gasteiger partial charge in [-0.1, -0.05) is 149 Å². The van der Waals surface area contributed by atoms with E-state index in [-0.39, 0.29) is 31.2 Å². The van der Waals surface area contributed by atoms with Crippen molar-refractivity contribution >= 4 is 33.0 Å². The predicted octanol–water partition coefficient (Wildman–Crippen LogP) is 15.6. The fourth-order valence-corrected chi connectivity index (χ4v) is 7.81. The molecule has 0 aliphatic carbocycles. The average Bonchev–Trinajstić information content (AvgIpc) is 3.93. The van der Waals surface area contributed by atoms with Crippen molar-refractivity contribution in [1.82, 2.24) is 9.97 Å². The van der Waals surface area contributed by atoms with Crippen LogP contribution in [0.15, 0.2) is 167 Å². The van der Waals surface area contributed by atoms with Crippen molar-refractivity contribution in [2.75, 3.05) is 0 Å². The van der Waals surface area contributed by atoms with Gasteiger partial charge < -0.3 is 13.8 Å². The summed E-state index contributed by atoms with van der Waals surface area (Å²) in [5.41, 5.74) is 15.1. The summed E-state index contributed by atoms with van der Waals surface area (Å²) in [5.74, 6) is 1.13. The van der Waals surface area contributed by atoms with Gasteiger partial charge in [0.15, 0.2) is 0 Å². The Morgan fingerprint density at radius 3 is 1.93 bits per heavy atom. The number of furan rings is 1. The normalized spacial score (nSPS) is 13.1. The number of fused-ring (bicyclic) bond motifs is 4. The van der Waals surface area contributed by atoms with Crippen LogP contribution < -0.4 is 0 Å². The van der Waals surface area contributed by atoms with E-state index in [1.807, 2.05) is 18.2 Å². The largest absolute Gasteiger partial charge is 0.500 e. The van der Waals surface area contributed by atoms with E-state index in [9.17, 15) is 0 Å². The fraction of sp³-hybridized carbons (Fsp3) is 0.143. The van der Waals surface area contributed by atoms with Crippen LogP contribution in [-0.4, -0.2) is 9.97 Å². The van der Waals surface area contributed by atoms with Gasteiger partial charge in [-0.3, -0.25) is 4.98 Å². The van der Waals surface area contributed by atoms with E-state index in [0.29, 0.717) is 29.0 Å². The van der Waals surface area contributed by atoms with Crippen LogP contribution in [0.5, 0.6) is 0 Å². The SMILES string of the molecule is CC(C)c1cc(-c2ccccc2)cc(C(C)C)c1-c1cccc2nc(-c3[c-]ccc4c3oc3cc(-c5ccccc5)ccc34)oc12.[2H]C([2H])([2H])c1c[c-]c(-c2ccc(C([2H])([2H])[2H])cn2)cc1.[Ir]. The van der Waals surface area contributed by atoms with Gasteiger partial charge in [-0.25, -0.2) is 0 Å². The van der Waals surface area contributed by atoms with Crippen LogP contribution in [0.4, 0.5) is 0 Å². The zero-order valence-electron chi connectivity index (χ0n) is 40.2. The van der Waals surface area contributed by atoms with Crippen molar-refractivity contribution in [2.24, 2.45) is 0 Å². The monoisotopic (exact) mass is 977 g/mol. The van der Waals surface area contributed by atoms with Gasteiger partial charge in [0, 0.05) is 45.5 Å². The number of nitrogens with zero attached hydrogens (tertiary/aromatic N) is 2. The number of hydrogen-bond donors (Lipinski definition) is 0. The third kappa shape index (κ3) is 8.37. The molecule has 10 aromatic rings. The Morgan fingerprint density at radius 1 is 0.590 bits per heavy atom. The molecule has 0 spiro atoms. The Bertz CT molecular complexity index is 3240. The van der Waals surface area contributed by atoms with E-state index in [2.05, 4.69) is 148 Å². The molecule has 0 saturated carbocycles. The summed E-state index contributed by atoms with van der Waals surface area (Å²) in [6.45, 7) is 4.73. The summed E-state index contributed by atoms with van der Waals surface area (Å²) in [4.78, 5) is 9.09. The van der Waals surface area contributed by atoms with Crippen molar-refractivity contribution < 1.29 is 37.2 Å². The molecule has 0 fully saturated rings. The summed E-state index contributed by atoms with van der Waals surface area (Å²) in [7, 11) is 0. The topological polar surface area (TPSA) is 52.1 Å². The first-order valence-electron chi connectivity index (χ1n) is 23.2. The number of rotatable bonds is 7. The summed E-state index contributed by atoms with van der Waals surface area (Å²) in [6, 6.07) is 56.2. The van der Waals surface area contributed by atoms with Gasteiger partial charge in [0.05, 0.1) is 11.1 Å². The first-order chi connectivity index (χ1) is 31.6. The number of benzene rings is 7. The van der Waals surface area contributed by atoms with Gasteiger partial charge in [0.25, 0.3) is 0 Å². The Balaban J connectivity index is 0.000000244. The summed E-state index contributed by atoms with van der Waals surface area (Å²) in [6.07, 6.45) is 1.30. The van der Waals surface area contributed by atoms with Crippen molar-refractivity contribution in [3.8, 4) is 56.1 Å². The van der Waals surface area contributed by atoms with Crippen LogP contribution in [0.1, 0.15) is 70.0 Å². The van der Waals surface area contributed by atoms with E-state index in [0.717, 1.165) is 55.3 Å². The predicted molar refractivity (Wildman–Crippen MR) is 248 cm³/mol. The maximum Gasteiger partial charge on any atom is 0.149 e. The summed E-state index contributed by atoms with van der Waals surface area (Å²) >= 11 is 0. The van der Waals surface area contributed by atoms with Crippen LogP contribution in [0.25, 0.3) is 89.1 Å². The van der Waals surface area contributed by atoms with E-state index in [1.54, 1.807) is 12.1 Å². The van der Waals surface area contributed by atoms with Gasteiger partial charge in [0.1, 0.15) is 17.1 Å². The Labute approximate surface area is 380 Å². The molecule has 303 valence electrons. The second-order valence-corrected chi connectivity index (χ2v) is 15.6. The van der Waals surface area contributed by atoms with Gasteiger partial charge in [-0.05, 0) is 86.6 Å². The number of aromatic nitrogens is 2. The maximum atomic E-state index is 7.28. The smallest absolute Gasteiger partial charge is 0.149 e. The van der Waals surface area contributed by atoms with Crippen molar-refractivity contribution in [2.45, 2.75) is 53.2 Å². The minimum Gasteiger partial charge on any atom is -0.500 e. The zero-order valence-corrected chi connectivity index (χ0v) is 36.6. The molecule has 0 unspecified atom stereocenters. The number of hydrogen-bond acceptors (Lipinski definition) is 4. The van der Waals surface area contributed by atoms with E-state index >= 15 is 0 Å². The maximum absolute atomic E-state index is 7.28. The molecule has 7 aromatic carbocycles. The third-order valence-electron chi connectivity index (χ3n) is 10.8. The standard InChI is InChI=1S/C43H34NO2.C13H12N.Ir/c1-26(2)36-23-31(29-15-9-6-10-16-29)24-37(27(3)4)40(36)34-18-12-20-38-42(34)46-43(44-38)35-19-11-17-33-32-22-21-30(25-39(32)45-41(33)35)28-13-7-5-8-14-28;1-10-3-6-12(7-4-10)13-8-5-11(2)9-14-13;/h5-18,20-27H,1-4H3;3-6,8-9H,1-2H3;/q2*-1;/i;1D3,2D3;. The second kappa shape index (κ2) is 17.7. The molecule has 0 bridgehead atoms. The van der Waals surface area contributed by atoms with Crippen LogP contribution >= 0.6 is 0 Å². The molecule has 1 radical (unpaired) electrons. The molecule has 10 rings (SSSR count). The number of para-hydroxylation sites is 1. The van der Waals surface area contributed by atoms with Gasteiger partial charge in [-0.15, -0.1) is 53.6 Å². The van der Waals surface area contributed by atoms with E-state index in [1.165, 1.54) is 52.2 Å². The average molecular weight is 977 g/mol. The van der Waals surface area contributed by atoms with Crippen molar-refractivity contribution in [3.05, 3.63) is 192 Å². The Kier molecular flexibility index (Phi) is 9.95. The minimum absolute atomic E-state index is 0.